The number of benzene rings is 1. The Morgan fingerprint density at radius 1 is 1.38 bits per heavy atom. The molecule has 2 N–H and O–H groups in total. The molecule has 0 saturated heterocycles. The SMILES string of the molecule is COc1cc([N+](=O)[O-])ccc1NC(=O)c1cc(-c2ccco2)[nH]n1. The number of furan rings is 1. The van der Waals surface area contributed by atoms with Crippen LogP contribution in [0.4, 0.5) is 11.4 Å². The van der Waals surface area contributed by atoms with E-state index in [1.165, 1.54) is 37.6 Å². The van der Waals surface area contributed by atoms with Crippen LogP contribution in [0.3, 0.4) is 0 Å². The Hall–Kier alpha value is -3.62. The van der Waals surface area contributed by atoms with E-state index in [4.69, 9.17) is 9.15 Å². The first-order chi connectivity index (χ1) is 11.6. The van der Waals surface area contributed by atoms with E-state index in [9.17, 15) is 14.9 Å². The van der Waals surface area contributed by atoms with Crippen LogP contribution in [-0.2, 0) is 0 Å². The van der Waals surface area contributed by atoms with Crippen molar-refractivity contribution in [2.45, 2.75) is 0 Å². The summed E-state index contributed by atoms with van der Waals surface area (Å²) in [4.78, 5) is 22.5. The van der Waals surface area contributed by atoms with Crippen LogP contribution in [0, 0.1) is 10.1 Å². The van der Waals surface area contributed by atoms with Gasteiger partial charge in [-0.15, -0.1) is 0 Å². The van der Waals surface area contributed by atoms with E-state index in [1.54, 1.807) is 12.1 Å². The molecule has 0 aliphatic heterocycles. The molecule has 0 fully saturated rings. The molecule has 0 atom stereocenters. The fourth-order valence-corrected chi connectivity index (χ4v) is 2.08. The Balaban J connectivity index is 1.81. The normalized spacial score (nSPS) is 10.4. The fourth-order valence-electron chi connectivity index (χ4n) is 2.08. The summed E-state index contributed by atoms with van der Waals surface area (Å²) in [6.07, 6.45) is 1.51. The highest BCUT2D eigenvalue weighted by molar-refractivity contribution is 6.04. The predicted molar refractivity (Wildman–Crippen MR) is 83.9 cm³/mol. The van der Waals surface area contributed by atoms with E-state index in [0.717, 1.165) is 0 Å². The molecule has 24 heavy (non-hydrogen) atoms. The summed E-state index contributed by atoms with van der Waals surface area (Å²) in [5.41, 5.74) is 0.864. The van der Waals surface area contributed by atoms with Gasteiger partial charge in [-0.3, -0.25) is 20.0 Å². The lowest BCUT2D eigenvalue weighted by molar-refractivity contribution is -0.384. The van der Waals surface area contributed by atoms with Gasteiger partial charge in [0.05, 0.1) is 30.1 Å². The molecule has 0 spiro atoms. The molecule has 3 rings (SSSR count). The number of aromatic amines is 1. The number of aromatic nitrogens is 2. The Labute approximate surface area is 135 Å². The summed E-state index contributed by atoms with van der Waals surface area (Å²) in [7, 11) is 1.36. The summed E-state index contributed by atoms with van der Waals surface area (Å²) in [6, 6.07) is 8.89. The molecule has 9 nitrogen and oxygen atoms in total. The first-order valence-corrected chi connectivity index (χ1v) is 6.81. The number of hydrogen-bond acceptors (Lipinski definition) is 6. The summed E-state index contributed by atoms with van der Waals surface area (Å²) in [6.45, 7) is 0. The number of carbonyl (C=O) groups is 1. The van der Waals surface area contributed by atoms with Gasteiger partial charge in [0.25, 0.3) is 11.6 Å². The number of methoxy groups -OCH3 is 1. The van der Waals surface area contributed by atoms with Gasteiger partial charge in [-0.05, 0) is 18.2 Å². The van der Waals surface area contributed by atoms with E-state index in [-0.39, 0.29) is 17.1 Å². The van der Waals surface area contributed by atoms with Crippen LogP contribution in [0.15, 0.2) is 47.1 Å². The molecule has 0 aliphatic carbocycles. The second-order valence-corrected chi connectivity index (χ2v) is 4.74. The Bertz CT molecular complexity index is 885. The minimum absolute atomic E-state index is 0.135. The Kier molecular flexibility index (Phi) is 3.98. The van der Waals surface area contributed by atoms with Crippen molar-refractivity contribution in [2.24, 2.45) is 0 Å². The van der Waals surface area contributed by atoms with Crippen LogP contribution in [0.25, 0.3) is 11.5 Å². The maximum atomic E-state index is 12.3. The molecule has 2 heterocycles. The van der Waals surface area contributed by atoms with E-state index in [0.29, 0.717) is 17.1 Å². The van der Waals surface area contributed by atoms with E-state index in [1.807, 2.05) is 0 Å². The number of H-pyrrole nitrogens is 1. The topological polar surface area (TPSA) is 123 Å². The standard InChI is InChI=1S/C15H12N4O5/c1-23-14-7-9(19(21)22)4-5-10(14)16-15(20)12-8-11(17-18-12)13-3-2-6-24-13/h2-8H,1H3,(H,16,20)(H,17,18). The second-order valence-electron chi connectivity index (χ2n) is 4.74. The van der Waals surface area contributed by atoms with Gasteiger partial charge in [-0.1, -0.05) is 0 Å². The molecule has 2 aromatic heterocycles. The van der Waals surface area contributed by atoms with Gasteiger partial charge in [0, 0.05) is 12.1 Å². The van der Waals surface area contributed by atoms with Gasteiger partial charge in [0.15, 0.2) is 11.5 Å². The number of nitrogens with one attached hydrogen (secondary N) is 2. The largest absolute Gasteiger partial charge is 0.494 e. The number of ether oxygens (including phenoxy) is 1. The highest BCUT2D eigenvalue weighted by Gasteiger charge is 2.17. The van der Waals surface area contributed by atoms with Crippen molar-refractivity contribution in [3.63, 3.8) is 0 Å². The molecule has 122 valence electrons. The van der Waals surface area contributed by atoms with Crippen LogP contribution < -0.4 is 10.1 Å². The number of amides is 1. The van der Waals surface area contributed by atoms with Crippen LogP contribution >= 0.6 is 0 Å². The van der Waals surface area contributed by atoms with Crippen molar-refractivity contribution in [3.8, 4) is 17.2 Å². The molecule has 0 saturated carbocycles. The van der Waals surface area contributed by atoms with Crippen molar-refractivity contribution >= 4 is 17.3 Å². The van der Waals surface area contributed by atoms with Crippen molar-refractivity contribution in [3.05, 3.63) is 58.5 Å². The predicted octanol–water partition coefficient (Wildman–Crippen LogP) is 2.84. The highest BCUT2D eigenvalue weighted by atomic mass is 16.6. The van der Waals surface area contributed by atoms with Crippen molar-refractivity contribution < 1.29 is 18.9 Å². The van der Waals surface area contributed by atoms with Gasteiger partial charge >= 0.3 is 0 Å². The number of carbonyl (C=O) groups excluding carboxylic acids is 1. The third-order valence-corrected chi connectivity index (χ3v) is 3.24. The highest BCUT2D eigenvalue weighted by Crippen LogP contribution is 2.29. The molecule has 0 bridgehead atoms. The fraction of sp³-hybridized carbons (Fsp3) is 0.0667. The number of anilines is 1. The van der Waals surface area contributed by atoms with Crippen molar-refractivity contribution in [2.75, 3.05) is 12.4 Å². The summed E-state index contributed by atoms with van der Waals surface area (Å²) in [5, 5.41) is 20.0. The maximum absolute atomic E-state index is 12.3. The van der Waals surface area contributed by atoms with Gasteiger partial charge in [-0.25, -0.2) is 0 Å². The van der Waals surface area contributed by atoms with Crippen LogP contribution in [-0.4, -0.2) is 28.1 Å². The third-order valence-electron chi connectivity index (χ3n) is 3.24. The van der Waals surface area contributed by atoms with Crippen LogP contribution in [0.2, 0.25) is 0 Å². The second kappa shape index (κ2) is 6.24. The minimum atomic E-state index is -0.544. The number of rotatable bonds is 5. The summed E-state index contributed by atoms with van der Waals surface area (Å²) < 4.78 is 10.3. The zero-order valence-corrected chi connectivity index (χ0v) is 12.5. The lowest BCUT2D eigenvalue weighted by atomic mass is 10.2. The number of nitro benzene ring substituents is 1. The lowest BCUT2D eigenvalue weighted by Gasteiger charge is -2.08. The molecule has 9 heteroatoms. The number of hydrogen-bond donors (Lipinski definition) is 2. The molecule has 0 unspecified atom stereocenters. The summed E-state index contributed by atoms with van der Waals surface area (Å²) >= 11 is 0. The van der Waals surface area contributed by atoms with Crippen molar-refractivity contribution in [1.82, 2.24) is 10.2 Å². The molecule has 0 radical (unpaired) electrons. The molecule has 1 amide bonds. The quantitative estimate of drug-likeness (QED) is 0.548. The Morgan fingerprint density at radius 2 is 2.21 bits per heavy atom. The van der Waals surface area contributed by atoms with Crippen LogP contribution in [0.1, 0.15) is 10.5 Å². The van der Waals surface area contributed by atoms with Gasteiger partial charge < -0.3 is 14.5 Å². The van der Waals surface area contributed by atoms with Crippen molar-refractivity contribution in [1.29, 1.82) is 0 Å². The number of non-ortho nitro benzene ring substituents is 1. The van der Waals surface area contributed by atoms with E-state index in [2.05, 4.69) is 15.5 Å². The summed E-state index contributed by atoms with van der Waals surface area (Å²) in [5.74, 6) is 0.241. The molecular weight excluding hydrogens is 316 g/mol. The zero-order chi connectivity index (χ0) is 17.1. The average Bonchev–Trinajstić information content (AvgIpc) is 3.26. The lowest BCUT2D eigenvalue weighted by Crippen LogP contribution is -2.13. The first-order valence-electron chi connectivity index (χ1n) is 6.81. The van der Waals surface area contributed by atoms with E-state index < -0.39 is 10.8 Å². The van der Waals surface area contributed by atoms with Gasteiger partial charge in [-0.2, -0.15) is 5.10 Å². The van der Waals surface area contributed by atoms with Gasteiger partial charge in [0.1, 0.15) is 11.4 Å². The number of nitrogens with zero attached hydrogens (tertiary/aromatic N) is 2. The Morgan fingerprint density at radius 3 is 2.88 bits per heavy atom. The minimum Gasteiger partial charge on any atom is -0.494 e. The average molecular weight is 328 g/mol. The smallest absolute Gasteiger partial charge is 0.276 e. The first kappa shape index (κ1) is 15.3. The zero-order valence-electron chi connectivity index (χ0n) is 12.5. The monoisotopic (exact) mass is 328 g/mol. The maximum Gasteiger partial charge on any atom is 0.276 e. The third kappa shape index (κ3) is 2.95. The number of nitro groups is 1. The molecule has 3 aromatic rings. The molecule has 0 aliphatic rings. The van der Waals surface area contributed by atoms with E-state index >= 15 is 0 Å². The molecular formula is C15H12N4O5. The molecule has 1 aromatic carbocycles. The van der Waals surface area contributed by atoms with Crippen LogP contribution in [0.5, 0.6) is 5.75 Å². The van der Waals surface area contributed by atoms with Gasteiger partial charge in [0.2, 0.25) is 0 Å².